The van der Waals surface area contributed by atoms with Gasteiger partial charge in [-0.05, 0) is 88.6 Å². The molecule has 0 radical (unpaired) electrons. The Hall–Kier alpha value is -3.35. The van der Waals surface area contributed by atoms with Crippen LogP contribution in [0.4, 0.5) is 4.79 Å². The summed E-state index contributed by atoms with van der Waals surface area (Å²) >= 11 is 3.20. The van der Waals surface area contributed by atoms with Crippen LogP contribution in [0.25, 0.3) is 11.5 Å². The van der Waals surface area contributed by atoms with Crippen LogP contribution >= 0.6 is 15.9 Å². The van der Waals surface area contributed by atoms with Gasteiger partial charge < -0.3 is 27.9 Å². The molecule has 0 spiro atoms. The summed E-state index contributed by atoms with van der Waals surface area (Å²) < 4.78 is 32.5. The molecule has 1 amide bonds. The van der Waals surface area contributed by atoms with Gasteiger partial charge in [-0.1, -0.05) is 0 Å². The van der Waals surface area contributed by atoms with E-state index in [9.17, 15) is 19.2 Å². The third-order valence-electron chi connectivity index (χ3n) is 4.75. The number of aromatic nitrogens is 1. The van der Waals surface area contributed by atoms with Crippen molar-refractivity contribution in [1.29, 1.82) is 0 Å². The Morgan fingerprint density at radius 2 is 1.53 bits per heavy atom. The molecule has 0 bridgehead atoms. The maximum absolute atomic E-state index is 13.4. The van der Waals surface area contributed by atoms with Crippen LogP contribution in [0.3, 0.4) is 0 Å². The predicted molar refractivity (Wildman–Crippen MR) is 136 cm³/mol. The summed E-state index contributed by atoms with van der Waals surface area (Å²) in [6, 6.07) is 3.10. The molecule has 0 saturated carbocycles. The lowest BCUT2D eigenvalue weighted by Crippen LogP contribution is -2.63. The van der Waals surface area contributed by atoms with Gasteiger partial charge in [-0.2, -0.15) is 0 Å². The standard InChI is InChI=1S/C25H33BrN2O10/c1-9-33-20(30)25(21(31)34-10-2,27-22(32)37-24(6,7)8)13-14-17(15-11-12-16(26)35-15)38-28-18(14)36-19(29)23(3,4)5/h11-12H,9-10,13H2,1-8H3,(H,27,32). The number of carbonyl (C=O) groups excluding carboxylic acids is 4. The zero-order valence-electron chi connectivity index (χ0n) is 22.7. The second kappa shape index (κ2) is 12.0. The number of esters is 3. The Bertz CT molecular complexity index is 1150. The first-order valence-corrected chi connectivity index (χ1v) is 12.7. The number of hydrogen-bond acceptors (Lipinski definition) is 11. The van der Waals surface area contributed by atoms with Gasteiger partial charge >= 0.3 is 24.0 Å². The highest BCUT2D eigenvalue weighted by Gasteiger charge is 2.53. The third-order valence-corrected chi connectivity index (χ3v) is 5.18. The molecule has 0 aliphatic heterocycles. The molecular weight excluding hydrogens is 568 g/mol. The largest absolute Gasteiger partial charge is 0.464 e. The number of carbonyl (C=O) groups is 4. The van der Waals surface area contributed by atoms with Crippen LogP contribution in [0, 0.1) is 5.41 Å². The van der Waals surface area contributed by atoms with Crippen molar-refractivity contribution < 1.29 is 47.1 Å². The summed E-state index contributed by atoms with van der Waals surface area (Å²) in [4.78, 5) is 52.3. The van der Waals surface area contributed by atoms with Crippen molar-refractivity contribution in [3.8, 4) is 17.4 Å². The number of ether oxygens (including phenoxy) is 4. The first-order chi connectivity index (χ1) is 17.5. The molecule has 0 aliphatic carbocycles. The van der Waals surface area contributed by atoms with E-state index >= 15 is 0 Å². The molecule has 0 aromatic carbocycles. The van der Waals surface area contributed by atoms with Crippen LogP contribution in [-0.2, 0) is 35.0 Å². The molecule has 13 heteroatoms. The fourth-order valence-electron chi connectivity index (χ4n) is 3.03. The Morgan fingerprint density at radius 1 is 0.947 bits per heavy atom. The van der Waals surface area contributed by atoms with E-state index in [-0.39, 0.29) is 36.2 Å². The van der Waals surface area contributed by atoms with Crippen LogP contribution in [0.5, 0.6) is 5.88 Å². The monoisotopic (exact) mass is 600 g/mol. The summed E-state index contributed by atoms with van der Waals surface area (Å²) in [6.07, 6.45) is -1.74. The van der Waals surface area contributed by atoms with E-state index in [2.05, 4.69) is 26.4 Å². The van der Waals surface area contributed by atoms with Crippen molar-refractivity contribution in [2.75, 3.05) is 13.2 Å². The van der Waals surface area contributed by atoms with Crippen molar-refractivity contribution in [1.82, 2.24) is 10.5 Å². The normalized spacial score (nSPS) is 12.0. The van der Waals surface area contributed by atoms with Crippen molar-refractivity contribution in [3.63, 3.8) is 0 Å². The van der Waals surface area contributed by atoms with Gasteiger partial charge in [0.15, 0.2) is 10.4 Å². The second-order valence-electron chi connectivity index (χ2n) is 10.2. The van der Waals surface area contributed by atoms with Crippen LogP contribution in [0.2, 0.25) is 0 Å². The average molecular weight is 601 g/mol. The van der Waals surface area contributed by atoms with Gasteiger partial charge in [-0.25, -0.2) is 14.4 Å². The number of alkyl carbamates (subject to hydrolysis) is 1. The minimum Gasteiger partial charge on any atom is -0.464 e. The quantitative estimate of drug-likeness (QED) is 0.244. The van der Waals surface area contributed by atoms with E-state index in [1.165, 1.54) is 19.9 Å². The van der Waals surface area contributed by atoms with Crippen molar-refractivity contribution in [2.24, 2.45) is 5.41 Å². The van der Waals surface area contributed by atoms with Gasteiger partial charge in [-0.15, -0.1) is 0 Å². The van der Waals surface area contributed by atoms with Crippen molar-refractivity contribution in [2.45, 2.75) is 73.0 Å². The van der Waals surface area contributed by atoms with E-state index in [1.54, 1.807) is 47.6 Å². The molecular formula is C25H33BrN2O10. The zero-order valence-corrected chi connectivity index (χ0v) is 24.3. The van der Waals surface area contributed by atoms with E-state index in [4.69, 9.17) is 27.9 Å². The molecule has 0 saturated heterocycles. The second-order valence-corrected chi connectivity index (χ2v) is 11.0. The van der Waals surface area contributed by atoms with Gasteiger partial charge in [0.25, 0.3) is 5.88 Å². The first kappa shape index (κ1) is 30.9. The van der Waals surface area contributed by atoms with Gasteiger partial charge in [-0.3, -0.25) is 10.1 Å². The van der Waals surface area contributed by atoms with Gasteiger partial charge in [0.05, 0.1) is 24.2 Å². The van der Waals surface area contributed by atoms with Crippen LogP contribution in [0.1, 0.15) is 61.0 Å². The minimum atomic E-state index is -2.47. The lowest BCUT2D eigenvalue weighted by atomic mass is 9.90. The fraction of sp³-hybridized carbons (Fsp3) is 0.560. The molecule has 12 nitrogen and oxygen atoms in total. The highest BCUT2D eigenvalue weighted by atomic mass is 79.9. The van der Waals surface area contributed by atoms with Crippen LogP contribution in [-0.4, -0.2) is 53.5 Å². The molecule has 1 N–H and O–H groups in total. The predicted octanol–water partition coefficient (Wildman–Crippen LogP) is 4.58. The van der Waals surface area contributed by atoms with E-state index in [0.717, 1.165) is 0 Å². The summed E-state index contributed by atoms with van der Waals surface area (Å²) in [5, 5.41) is 6.18. The van der Waals surface area contributed by atoms with Crippen LogP contribution < -0.4 is 10.1 Å². The van der Waals surface area contributed by atoms with Gasteiger partial charge in [0.2, 0.25) is 11.3 Å². The van der Waals surface area contributed by atoms with E-state index in [0.29, 0.717) is 4.67 Å². The molecule has 0 atom stereocenters. The smallest absolute Gasteiger partial charge is 0.409 e. The molecule has 2 heterocycles. The Kier molecular flexibility index (Phi) is 9.76. The van der Waals surface area contributed by atoms with Gasteiger partial charge in [0, 0.05) is 6.42 Å². The number of nitrogens with zero attached hydrogens (tertiary/aromatic N) is 1. The van der Waals surface area contributed by atoms with Gasteiger partial charge in [0.1, 0.15) is 5.60 Å². The maximum Gasteiger partial charge on any atom is 0.409 e. The van der Waals surface area contributed by atoms with E-state index < -0.39 is 47.0 Å². The third kappa shape index (κ3) is 7.59. The SMILES string of the molecule is CCOC(=O)C(Cc1c(OC(=O)C(C)(C)C)noc1-c1ccc(Br)o1)(NC(=O)OC(C)(C)C)C(=O)OCC. The Balaban J connectivity index is 2.75. The minimum absolute atomic E-state index is 0.0402. The molecule has 0 aliphatic rings. The lowest BCUT2D eigenvalue weighted by Gasteiger charge is -2.31. The summed E-state index contributed by atoms with van der Waals surface area (Å²) in [5.41, 5.74) is -4.41. The lowest BCUT2D eigenvalue weighted by molar-refractivity contribution is -0.166. The Labute approximate surface area is 228 Å². The van der Waals surface area contributed by atoms with Crippen LogP contribution in [0.15, 0.2) is 25.7 Å². The fourth-order valence-corrected chi connectivity index (χ4v) is 3.33. The van der Waals surface area contributed by atoms with E-state index in [1.807, 2.05) is 0 Å². The highest BCUT2D eigenvalue weighted by molar-refractivity contribution is 9.10. The highest BCUT2D eigenvalue weighted by Crippen LogP contribution is 2.37. The first-order valence-electron chi connectivity index (χ1n) is 11.9. The molecule has 0 fully saturated rings. The molecule has 2 aromatic heterocycles. The number of halogens is 1. The number of hydrogen-bond donors (Lipinski definition) is 1. The summed E-state index contributed by atoms with van der Waals surface area (Å²) in [6.45, 7) is 12.5. The summed E-state index contributed by atoms with van der Waals surface area (Å²) in [5.74, 6) is -3.20. The maximum atomic E-state index is 13.4. The number of amides is 1. The van der Waals surface area contributed by atoms with Crippen molar-refractivity contribution >= 4 is 39.9 Å². The van der Waals surface area contributed by atoms with Crippen molar-refractivity contribution in [3.05, 3.63) is 22.4 Å². The zero-order chi connectivity index (χ0) is 28.9. The number of nitrogens with one attached hydrogen (secondary N) is 1. The molecule has 38 heavy (non-hydrogen) atoms. The average Bonchev–Trinajstić information content (AvgIpc) is 3.37. The summed E-state index contributed by atoms with van der Waals surface area (Å²) in [7, 11) is 0. The molecule has 2 rings (SSSR count). The number of rotatable bonds is 9. The number of furan rings is 1. The molecule has 0 unspecified atom stereocenters. The topological polar surface area (TPSA) is 156 Å². The molecule has 210 valence electrons. The molecule has 2 aromatic rings. The Morgan fingerprint density at radius 3 is 1.97 bits per heavy atom.